The normalized spacial score (nSPS) is 12.7. The maximum atomic E-state index is 6.25. The molecule has 0 amide bonds. The van der Waals surface area contributed by atoms with Crippen LogP contribution < -0.4 is 5.73 Å². The lowest BCUT2D eigenvalue weighted by molar-refractivity contribution is 0.820. The third kappa shape index (κ3) is 3.31. The molecular weight excluding hydrogens is 262 g/mol. The maximum absolute atomic E-state index is 6.25. The highest BCUT2D eigenvalue weighted by Crippen LogP contribution is 2.27. The monoisotopic (exact) mass is 279 g/mol. The van der Waals surface area contributed by atoms with Crippen molar-refractivity contribution in [3.8, 4) is 0 Å². The van der Waals surface area contributed by atoms with Crippen molar-refractivity contribution in [2.45, 2.75) is 31.2 Å². The number of thioether (sulfide) groups is 1. The van der Waals surface area contributed by atoms with Crippen LogP contribution in [0.1, 0.15) is 27.7 Å². The summed E-state index contributed by atoms with van der Waals surface area (Å²) >= 11 is 3.30. The maximum Gasteiger partial charge on any atom is 0.174 e. The van der Waals surface area contributed by atoms with E-state index in [1.807, 2.05) is 6.92 Å². The number of rotatable bonds is 4. The molecular formula is C13H17N3S2. The number of benzene rings is 1. The molecule has 2 aromatic rings. The molecule has 1 unspecified atom stereocenters. The van der Waals surface area contributed by atoms with E-state index in [1.165, 1.54) is 16.7 Å². The topological polar surface area (TPSA) is 51.8 Å². The predicted molar refractivity (Wildman–Crippen MR) is 78.2 cm³/mol. The molecule has 2 rings (SSSR count). The van der Waals surface area contributed by atoms with Gasteiger partial charge in [-0.25, -0.2) is 0 Å². The van der Waals surface area contributed by atoms with Gasteiger partial charge in [0, 0.05) is 11.8 Å². The molecule has 1 aromatic carbocycles. The fourth-order valence-corrected chi connectivity index (χ4v) is 3.56. The third-order valence-corrected chi connectivity index (χ3v) is 4.82. The number of nitrogens with zero attached hydrogens (tertiary/aromatic N) is 2. The summed E-state index contributed by atoms with van der Waals surface area (Å²) in [5.74, 6) is 0.832. The molecule has 0 aliphatic carbocycles. The van der Waals surface area contributed by atoms with Gasteiger partial charge in [0.15, 0.2) is 4.34 Å². The molecule has 0 spiro atoms. The van der Waals surface area contributed by atoms with Crippen LogP contribution in [0.15, 0.2) is 22.5 Å². The van der Waals surface area contributed by atoms with Crippen molar-refractivity contribution in [3.05, 3.63) is 39.9 Å². The van der Waals surface area contributed by atoms with Gasteiger partial charge in [-0.3, -0.25) is 0 Å². The van der Waals surface area contributed by atoms with Gasteiger partial charge in [-0.2, -0.15) is 0 Å². The smallest absolute Gasteiger partial charge is 0.174 e. The van der Waals surface area contributed by atoms with E-state index < -0.39 is 0 Å². The van der Waals surface area contributed by atoms with E-state index in [1.54, 1.807) is 23.1 Å². The van der Waals surface area contributed by atoms with Gasteiger partial charge in [-0.1, -0.05) is 46.9 Å². The van der Waals surface area contributed by atoms with Crippen molar-refractivity contribution in [1.82, 2.24) is 10.2 Å². The van der Waals surface area contributed by atoms with Gasteiger partial charge in [-0.05, 0) is 31.9 Å². The Morgan fingerprint density at radius 2 is 2.06 bits per heavy atom. The molecule has 96 valence electrons. The fourth-order valence-electron chi connectivity index (χ4n) is 1.75. The highest BCUT2D eigenvalue weighted by Gasteiger charge is 2.11. The van der Waals surface area contributed by atoms with Crippen LogP contribution in [0.2, 0.25) is 0 Å². The van der Waals surface area contributed by atoms with Gasteiger partial charge < -0.3 is 5.73 Å². The first kappa shape index (κ1) is 13.5. The Morgan fingerprint density at radius 3 is 2.72 bits per heavy atom. The molecule has 0 fully saturated rings. The van der Waals surface area contributed by atoms with Crippen molar-refractivity contribution < 1.29 is 0 Å². The van der Waals surface area contributed by atoms with Gasteiger partial charge in [0.1, 0.15) is 5.01 Å². The van der Waals surface area contributed by atoms with Gasteiger partial charge in [0.05, 0.1) is 0 Å². The summed E-state index contributed by atoms with van der Waals surface area (Å²) < 4.78 is 0.994. The lowest BCUT2D eigenvalue weighted by Gasteiger charge is -2.14. The lowest BCUT2D eigenvalue weighted by Crippen LogP contribution is -2.14. The Labute approximate surface area is 116 Å². The number of nitrogens with two attached hydrogens (primary N) is 1. The second-order valence-corrected chi connectivity index (χ2v) is 6.81. The molecule has 3 nitrogen and oxygen atoms in total. The summed E-state index contributed by atoms with van der Waals surface area (Å²) in [6.45, 7) is 6.16. The second-order valence-electron chi connectivity index (χ2n) is 4.36. The zero-order valence-corrected chi connectivity index (χ0v) is 12.4. The van der Waals surface area contributed by atoms with Crippen molar-refractivity contribution in [3.63, 3.8) is 0 Å². The molecule has 0 saturated carbocycles. The van der Waals surface area contributed by atoms with Gasteiger partial charge in [0.2, 0.25) is 0 Å². The molecule has 0 bridgehead atoms. The molecule has 18 heavy (non-hydrogen) atoms. The van der Waals surface area contributed by atoms with Gasteiger partial charge >= 0.3 is 0 Å². The average molecular weight is 279 g/mol. The van der Waals surface area contributed by atoms with E-state index in [9.17, 15) is 0 Å². The lowest BCUT2D eigenvalue weighted by atomic mass is 10.0. The summed E-state index contributed by atoms with van der Waals surface area (Å²) in [7, 11) is 0. The number of hydrogen-bond acceptors (Lipinski definition) is 5. The first-order valence-electron chi connectivity index (χ1n) is 5.82. The van der Waals surface area contributed by atoms with Crippen LogP contribution in [0.4, 0.5) is 0 Å². The number of aryl methyl sites for hydroxylation is 3. The average Bonchev–Trinajstić information content (AvgIpc) is 2.75. The Balaban J connectivity index is 2.03. The summed E-state index contributed by atoms with van der Waals surface area (Å²) in [6, 6.07) is 6.46. The minimum Gasteiger partial charge on any atom is -0.323 e. The number of aromatic nitrogens is 2. The molecule has 5 heteroatoms. The zero-order chi connectivity index (χ0) is 13.1. The molecule has 0 aliphatic rings. The van der Waals surface area contributed by atoms with Crippen molar-refractivity contribution >= 4 is 23.1 Å². The summed E-state index contributed by atoms with van der Waals surface area (Å²) in [5.41, 5.74) is 9.99. The quantitative estimate of drug-likeness (QED) is 0.873. The van der Waals surface area contributed by atoms with E-state index in [0.29, 0.717) is 0 Å². The van der Waals surface area contributed by atoms with E-state index in [4.69, 9.17) is 5.73 Å². The van der Waals surface area contributed by atoms with E-state index in [2.05, 4.69) is 42.2 Å². The fraction of sp³-hybridized carbons (Fsp3) is 0.385. The molecule has 0 aliphatic heterocycles. The Morgan fingerprint density at radius 1 is 1.28 bits per heavy atom. The number of hydrogen-bond donors (Lipinski definition) is 1. The molecule has 0 radical (unpaired) electrons. The van der Waals surface area contributed by atoms with E-state index in [-0.39, 0.29) is 6.04 Å². The van der Waals surface area contributed by atoms with E-state index in [0.717, 1.165) is 15.1 Å². The molecule has 1 atom stereocenters. The summed E-state index contributed by atoms with van der Waals surface area (Å²) in [6.07, 6.45) is 0. The SMILES string of the molecule is Cc1ccc(C)c(C(N)CSc2nnc(C)s2)c1. The van der Waals surface area contributed by atoms with Gasteiger partial charge in [-0.15, -0.1) is 10.2 Å². The Bertz CT molecular complexity index is 537. The van der Waals surface area contributed by atoms with Crippen molar-refractivity contribution in [2.24, 2.45) is 5.73 Å². The Kier molecular flexibility index (Phi) is 4.37. The van der Waals surface area contributed by atoms with Crippen LogP contribution in [0.25, 0.3) is 0 Å². The Hall–Kier alpha value is -0.910. The minimum absolute atomic E-state index is 0.0408. The van der Waals surface area contributed by atoms with Crippen LogP contribution >= 0.6 is 23.1 Å². The molecule has 0 saturated heterocycles. The highest BCUT2D eigenvalue weighted by atomic mass is 32.2. The van der Waals surface area contributed by atoms with Crippen LogP contribution in [-0.2, 0) is 0 Å². The van der Waals surface area contributed by atoms with Crippen molar-refractivity contribution in [1.29, 1.82) is 0 Å². The largest absolute Gasteiger partial charge is 0.323 e. The summed E-state index contributed by atoms with van der Waals surface area (Å²) in [5, 5.41) is 9.10. The second kappa shape index (κ2) is 5.82. The standard InChI is InChI=1S/C13H17N3S2/c1-8-4-5-9(2)11(6-8)12(14)7-17-13-16-15-10(3)18-13/h4-6,12H,7,14H2,1-3H3. The van der Waals surface area contributed by atoms with Crippen LogP contribution in [-0.4, -0.2) is 16.0 Å². The van der Waals surface area contributed by atoms with E-state index >= 15 is 0 Å². The molecule has 1 aromatic heterocycles. The molecule has 2 N–H and O–H groups in total. The van der Waals surface area contributed by atoms with Gasteiger partial charge in [0.25, 0.3) is 0 Å². The summed E-state index contributed by atoms with van der Waals surface area (Å²) in [4.78, 5) is 0. The first-order chi connectivity index (χ1) is 8.56. The van der Waals surface area contributed by atoms with Crippen molar-refractivity contribution in [2.75, 3.05) is 5.75 Å². The third-order valence-electron chi connectivity index (χ3n) is 2.73. The predicted octanol–water partition coefficient (Wildman–Crippen LogP) is 3.26. The van der Waals surface area contributed by atoms with Crippen LogP contribution in [0.3, 0.4) is 0 Å². The van der Waals surface area contributed by atoms with Crippen LogP contribution in [0.5, 0.6) is 0 Å². The molecule has 1 heterocycles. The highest BCUT2D eigenvalue weighted by molar-refractivity contribution is 8.01. The first-order valence-corrected chi connectivity index (χ1v) is 7.62. The minimum atomic E-state index is 0.0408. The zero-order valence-electron chi connectivity index (χ0n) is 10.8. The van der Waals surface area contributed by atoms with Crippen LogP contribution in [0, 0.1) is 20.8 Å².